The van der Waals surface area contributed by atoms with Crippen molar-refractivity contribution >= 4 is 29.5 Å². The number of β-amino-alcohol motifs (C(OH)–C–C–N with tert-alkyl or cyclic N) is 1. The Balaban J connectivity index is 1.65. The molecule has 1 spiro atoms. The van der Waals surface area contributed by atoms with Gasteiger partial charge in [-0.15, -0.1) is 24.9 Å². The summed E-state index contributed by atoms with van der Waals surface area (Å²) in [6.07, 6.45) is 5.08. The first-order valence-electron chi connectivity index (χ1n) is 14.0. The number of amides is 3. The van der Waals surface area contributed by atoms with Crippen molar-refractivity contribution in [3.63, 3.8) is 0 Å². The van der Waals surface area contributed by atoms with E-state index in [2.05, 4.69) is 25.0 Å². The number of ether oxygens (including phenoxy) is 1. The quantitative estimate of drug-likeness (QED) is 0.345. The molecule has 3 amide bonds. The normalized spacial score (nSPS) is 32.3. The third-order valence-corrected chi connectivity index (χ3v) is 10.8. The molecule has 4 fully saturated rings. The van der Waals surface area contributed by atoms with Crippen LogP contribution in [0.5, 0.6) is 0 Å². The fourth-order valence-electron chi connectivity index (χ4n) is 7.06. The van der Waals surface area contributed by atoms with Crippen LogP contribution in [0.3, 0.4) is 0 Å². The molecular weight excluding hydrogens is 504 g/mol. The van der Waals surface area contributed by atoms with Crippen LogP contribution in [-0.4, -0.2) is 131 Å². The Morgan fingerprint density at radius 1 is 1.13 bits per heavy atom. The van der Waals surface area contributed by atoms with Crippen molar-refractivity contribution in [1.29, 1.82) is 0 Å². The van der Waals surface area contributed by atoms with E-state index in [4.69, 9.17) is 4.74 Å². The molecule has 4 heterocycles. The van der Waals surface area contributed by atoms with Gasteiger partial charge in [-0.1, -0.05) is 26.0 Å². The third-order valence-electron chi connectivity index (χ3n) is 8.71. The molecular formula is C28H44N4O5S. The van der Waals surface area contributed by atoms with Crippen molar-refractivity contribution in [1.82, 2.24) is 19.6 Å². The van der Waals surface area contributed by atoms with Crippen molar-refractivity contribution in [3.8, 4) is 0 Å². The lowest BCUT2D eigenvalue weighted by Crippen LogP contribution is -2.58. The highest BCUT2D eigenvalue weighted by molar-refractivity contribution is 8.02. The summed E-state index contributed by atoms with van der Waals surface area (Å²) in [6.45, 7) is 17.4. The summed E-state index contributed by atoms with van der Waals surface area (Å²) in [5.74, 6) is -1.22. The third kappa shape index (κ3) is 5.05. The minimum absolute atomic E-state index is 0.00315. The molecule has 0 aromatic heterocycles. The minimum atomic E-state index is -0.710. The summed E-state index contributed by atoms with van der Waals surface area (Å²) < 4.78 is 4.78. The molecule has 3 unspecified atom stereocenters. The van der Waals surface area contributed by atoms with E-state index in [1.54, 1.807) is 33.7 Å². The van der Waals surface area contributed by atoms with Crippen LogP contribution in [0, 0.1) is 17.8 Å². The van der Waals surface area contributed by atoms with E-state index >= 15 is 0 Å². The number of aliphatic hydroxyl groups excluding tert-OH is 1. The van der Waals surface area contributed by atoms with Gasteiger partial charge in [0, 0.05) is 57.6 Å². The molecule has 9 nitrogen and oxygen atoms in total. The molecule has 10 heteroatoms. The standard InChI is InChI=1S/C28H44N4O5S/c1-5-8-30(9-6-2)25(34)22-21-19-20(4)28(38-21)23(22)26(35)32(13-16-33)24(28)27(36)31(10-7-3)12-11-29-14-17-37-18-15-29/h5,7,20-24,33H,1,3,6,8-19H2,2,4H3/t20?,21-,22+,23+,24?,28?/m1/s1. The molecule has 4 aliphatic rings. The number of nitrogens with zero attached hydrogens (tertiary/aromatic N) is 4. The maximum atomic E-state index is 14.4. The van der Waals surface area contributed by atoms with Crippen LogP contribution in [0.1, 0.15) is 26.7 Å². The zero-order chi connectivity index (χ0) is 27.4. The Kier molecular flexibility index (Phi) is 9.60. The number of likely N-dealkylation sites (tertiary alicyclic amines) is 1. The second-order valence-electron chi connectivity index (χ2n) is 10.9. The van der Waals surface area contributed by atoms with E-state index in [9.17, 15) is 19.5 Å². The Morgan fingerprint density at radius 3 is 2.39 bits per heavy atom. The van der Waals surface area contributed by atoms with Crippen LogP contribution in [-0.2, 0) is 19.1 Å². The summed E-state index contributed by atoms with van der Waals surface area (Å²) in [5, 5.41) is 9.92. The van der Waals surface area contributed by atoms with Crippen LogP contribution in [0.2, 0.25) is 0 Å². The second-order valence-corrected chi connectivity index (χ2v) is 12.5. The van der Waals surface area contributed by atoms with Gasteiger partial charge in [-0.25, -0.2) is 0 Å². The first-order valence-corrected chi connectivity index (χ1v) is 14.9. The van der Waals surface area contributed by atoms with E-state index in [1.807, 2.05) is 11.8 Å². The van der Waals surface area contributed by atoms with Gasteiger partial charge in [-0.2, -0.15) is 0 Å². The van der Waals surface area contributed by atoms with E-state index in [0.29, 0.717) is 39.4 Å². The first kappa shape index (κ1) is 29.1. The van der Waals surface area contributed by atoms with E-state index in [0.717, 1.165) is 32.5 Å². The number of fused-ring (bicyclic) bond motifs is 1. The molecule has 38 heavy (non-hydrogen) atoms. The molecule has 0 aliphatic carbocycles. The van der Waals surface area contributed by atoms with Gasteiger partial charge in [0.05, 0.1) is 36.4 Å². The maximum Gasteiger partial charge on any atom is 0.247 e. The first-order chi connectivity index (χ1) is 18.3. The Hall–Kier alpha value is -1.88. The molecule has 0 saturated carbocycles. The highest BCUT2D eigenvalue weighted by Crippen LogP contribution is 2.68. The summed E-state index contributed by atoms with van der Waals surface area (Å²) in [6, 6.07) is -0.710. The molecule has 1 N–H and O–H groups in total. The highest BCUT2D eigenvalue weighted by Gasteiger charge is 2.76. The zero-order valence-corrected chi connectivity index (χ0v) is 23.7. The molecule has 0 aromatic carbocycles. The van der Waals surface area contributed by atoms with E-state index in [-0.39, 0.29) is 42.0 Å². The van der Waals surface area contributed by atoms with Gasteiger partial charge in [-0.3, -0.25) is 19.3 Å². The van der Waals surface area contributed by atoms with Crippen molar-refractivity contribution in [3.05, 3.63) is 25.3 Å². The number of carbonyl (C=O) groups is 3. The van der Waals surface area contributed by atoms with Crippen LogP contribution in [0.15, 0.2) is 25.3 Å². The molecule has 4 rings (SSSR count). The van der Waals surface area contributed by atoms with E-state index < -0.39 is 22.6 Å². The highest BCUT2D eigenvalue weighted by atomic mass is 32.2. The molecule has 212 valence electrons. The summed E-state index contributed by atoms with van der Waals surface area (Å²) in [5.41, 5.74) is 0. The van der Waals surface area contributed by atoms with Crippen LogP contribution in [0.4, 0.5) is 0 Å². The maximum absolute atomic E-state index is 14.4. The number of hydrogen-bond acceptors (Lipinski definition) is 7. The number of carbonyl (C=O) groups excluding carboxylic acids is 3. The van der Waals surface area contributed by atoms with Crippen molar-refractivity contribution in [2.24, 2.45) is 17.8 Å². The zero-order valence-electron chi connectivity index (χ0n) is 22.9. The molecule has 0 radical (unpaired) electrons. The Labute approximate surface area is 231 Å². The van der Waals surface area contributed by atoms with Crippen LogP contribution < -0.4 is 0 Å². The van der Waals surface area contributed by atoms with E-state index in [1.165, 1.54) is 0 Å². The van der Waals surface area contributed by atoms with Gasteiger partial charge in [0.2, 0.25) is 17.7 Å². The van der Waals surface area contributed by atoms with Gasteiger partial charge >= 0.3 is 0 Å². The summed E-state index contributed by atoms with van der Waals surface area (Å²) in [4.78, 5) is 49.8. The van der Waals surface area contributed by atoms with Crippen LogP contribution >= 0.6 is 11.8 Å². The predicted molar refractivity (Wildman–Crippen MR) is 149 cm³/mol. The van der Waals surface area contributed by atoms with Gasteiger partial charge in [-0.05, 0) is 18.8 Å². The van der Waals surface area contributed by atoms with Crippen molar-refractivity contribution in [2.75, 3.05) is 72.2 Å². The Bertz CT molecular complexity index is 912. The topological polar surface area (TPSA) is 93.6 Å². The molecule has 4 aliphatic heterocycles. The lowest BCUT2D eigenvalue weighted by molar-refractivity contribution is -0.145. The average molecular weight is 549 g/mol. The number of rotatable bonds is 13. The van der Waals surface area contributed by atoms with Gasteiger partial charge in [0.15, 0.2) is 0 Å². The van der Waals surface area contributed by atoms with Gasteiger partial charge in [0.25, 0.3) is 0 Å². The van der Waals surface area contributed by atoms with Crippen molar-refractivity contribution < 1.29 is 24.2 Å². The fourth-order valence-corrected chi connectivity index (χ4v) is 9.47. The summed E-state index contributed by atoms with van der Waals surface area (Å²) in [7, 11) is 0. The Morgan fingerprint density at radius 2 is 1.79 bits per heavy atom. The summed E-state index contributed by atoms with van der Waals surface area (Å²) >= 11 is 1.68. The monoisotopic (exact) mass is 548 g/mol. The number of hydrogen-bond donors (Lipinski definition) is 1. The molecule has 4 saturated heterocycles. The number of morpholine rings is 1. The smallest absolute Gasteiger partial charge is 0.247 e. The average Bonchev–Trinajstić information content (AvgIpc) is 3.50. The number of thioether (sulfide) groups is 1. The van der Waals surface area contributed by atoms with Gasteiger partial charge < -0.3 is 24.5 Å². The predicted octanol–water partition coefficient (Wildman–Crippen LogP) is 1.09. The number of aliphatic hydroxyl groups is 1. The van der Waals surface area contributed by atoms with Crippen molar-refractivity contribution in [2.45, 2.75) is 42.7 Å². The molecule has 2 bridgehead atoms. The SMILES string of the molecule is C=CCN(CCN1CCOCC1)C(=O)C1N(CCO)C(=O)[C@@H]2[C@@H](C(=O)N(CC=C)CCC)[C@H]3CC(C)C12S3. The molecule has 6 atom stereocenters. The molecule has 0 aromatic rings. The second kappa shape index (κ2) is 12.5. The fraction of sp³-hybridized carbons (Fsp3) is 0.750. The van der Waals surface area contributed by atoms with Crippen LogP contribution in [0.25, 0.3) is 0 Å². The largest absolute Gasteiger partial charge is 0.395 e. The van der Waals surface area contributed by atoms with Gasteiger partial charge in [0.1, 0.15) is 6.04 Å². The lowest BCUT2D eigenvalue weighted by Gasteiger charge is -2.41. The lowest BCUT2D eigenvalue weighted by atomic mass is 9.65. The minimum Gasteiger partial charge on any atom is -0.395 e.